The molecule has 5 nitrogen and oxygen atoms in total. The van der Waals surface area contributed by atoms with Crippen molar-refractivity contribution in [2.75, 3.05) is 13.6 Å². The highest BCUT2D eigenvalue weighted by Crippen LogP contribution is 2.04. The van der Waals surface area contributed by atoms with Gasteiger partial charge in [0.15, 0.2) is 0 Å². The van der Waals surface area contributed by atoms with Crippen LogP contribution in [0.25, 0.3) is 0 Å². The van der Waals surface area contributed by atoms with Gasteiger partial charge in [-0.25, -0.2) is 4.72 Å². The lowest BCUT2D eigenvalue weighted by atomic mass is 10.3. The minimum atomic E-state index is -3.40. The van der Waals surface area contributed by atoms with Gasteiger partial charge in [0.05, 0.1) is 12.5 Å². The summed E-state index contributed by atoms with van der Waals surface area (Å²) in [6, 6.07) is 1.63. The molecule has 0 aromatic carbocycles. The maximum Gasteiger partial charge on any atom is 0.279 e. The molecule has 6 heteroatoms. The van der Waals surface area contributed by atoms with Crippen molar-refractivity contribution in [2.45, 2.75) is 26.3 Å². The first-order valence-corrected chi connectivity index (χ1v) is 5.49. The van der Waals surface area contributed by atoms with Crippen molar-refractivity contribution >= 4 is 10.2 Å². The Morgan fingerprint density at radius 2 is 2.15 bits per heavy atom. The van der Waals surface area contributed by atoms with Gasteiger partial charge in [0.1, 0.15) is 0 Å². The molecular formula is C7H15N3O2S. The minimum Gasteiger partial charge on any atom is -0.202 e. The Bertz CT molecular complexity index is 281. The fourth-order valence-corrected chi connectivity index (χ4v) is 1.90. The third-order valence-corrected chi connectivity index (χ3v) is 3.48. The fraction of sp³-hybridized carbons (Fsp3) is 0.857. The SMILES string of the molecule is CCNS(=O)(=O)N(C)C(C)CC#N. The van der Waals surface area contributed by atoms with Crippen molar-refractivity contribution in [3.05, 3.63) is 0 Å². The Hall–Kier alpha value is -0.640. The summed E-state index contributed by atoms with van der Waals surface area (Å²) in [5.74, 6) is 0. The van der Waals surface area contributed by atoms with Crippen molar-refractivity contribution in [2.24, 2.45) is 0 Å². The largest absolute Gasteiger partial charge is 0.279 e. The maximum absolute atomic E-state index is 11.4. The van der Waals surface area contributed by atoms with E-state index < -0.39 is 10.2 Å². The van der Waals surface area contributed by atoms with Crippen LogP contribution in [0.5, 0.6) is 0 Å². The second-order valence-corrected chi connectivity index (χ2v) is 4.55. The number of nitrogens with zero attached hydrogens (tertiary/aromatic N) is 2. The van der Waals surface area contributed by atoms with Gasteiger partial charge in [-0.05, 0) is 6.92 Å². The van der Waals surface area contributed by atoms with Crippen LogP contribution in [0.1, 0.15) is 20.3 Å². The van der Waals surface area contributed by atoms with Gasteiger partial charge >= 0.3 is 0 Å². The molecule has 0 fully saturated rings. The Morgan fingerprint density at radius 1 is 1.62 bits per heavy atom. The number of hydrogen-bond donors (Lipinski definition) is 1. The molecule has 0 aliphatic carbocycles. The molecular weight excluding hydrogens is 190 g/mol. The number of hydrogen-bond acceptors (Lipinski definition) is 3. The molecule has 1 N–H and O–H groups in total. The van der Waals surface area contributed by atoms with Crippen molar-refractivity contribution < 1.29 is 8.42 Å². The molecule has 0 saturated carbocycles. The monoisotopic (exact) mass is 205 g/mol. The average Bonchev–Trinajstić information content (AvgIpc) is 2.03. The maximum atomic E-state index is 11.4. The first-order chi connectivity index (χ1) is 5.95. The lowest BCUT2D eigenvalue weighted by Gasteiger charge is -2.21. The topological polar surface area (TPSA) is 73.2 Å². The van der Waals surface area contributed by atoms with Gasteiger partial charge in [0, 0.05) is 19.6 Å². The second-order valence-electron chi connectivity index (χ2n) is 2.73. The summed E-state index contributed by atoms with van der Waals surface area (Å²) in [7, 11) is -1.94. The molecule has 0 aliphatic heterocycles. The second kappa shape index (κ2) is 5.17. The molecule has 0 spiro atoms. The summed E-state index contributed by atoms with van der Waals surface area (Å²) in [6.45, 7) is 3.75. The van der Waals surface area contributed by atoms with Gasteiger partial charge in [-0.3, -0.25) is 0 Å². The first kappa shape index (κ1) is 12.4. The van der Waals surface area contributed by atoms with E-state index in [4.69, 9.17) is 5.26 Å². The molecule has 0 rings (SSSR count). The normalized spacial score (nSPS) is 14.1. The van der Waals surface area contributed by atoms with Crippen LogP contribution in [0, 0.1) is 11.3 Å². The van der Waals surface area contributed by atoms with Gasteiger partial charge < -0.3 is 0 Å². The average molecular weight is 205 g/mol. The minimum absolute atomic E-state index is 0.196. The number of rotatable bonds is 5. The zero-order valence-electron chi connectivity index (χ0n) is 8.11. The summed E-state index contributed by atoms with van der Waals surface area (Å²) in [6.07, 6.45) is 0.196. The fourth-order valence-electron chi connectivity index (χ4n) is 0.782. The molecule has 76 valence electrons. The third kappa shape index (κ3) is 3.72. The van der Waals surface area contributed by atoms with Crippen LogP contribution in [0.3, 0.4) is 0 Å². The van der Waals surface area contributed by atoms with E-state index in [1.807, 2.05) is 6.07 Å². The molecule has 0 aromatic rings. The molecule has 0 bridgehead atoms. The number of nitriles is 1. The van der Waals surface area contributed by atoms with Crippen LogP contribution in [-0.2, 0) is 10.2 Å². The van der Waals surface area contributed by atoms with E-state index in [9.17, 15) is 8.42 Å². The highest BCUT2D eigenvalue weighted by atomic mass is 32.2. The van der Waals surface area contributed by atoms with Gasteiger partial charge in [0.25, 0.3) is 10.2 Å². The van der Waals surface area contributed by atoms with Crippen molar-refractivity contribution in [3.63, 3.8) is 0 Å². The predicted molar refractivity (Wildman–Crippen MR) is 50.1 cm³/mol. The Balaban J connectivity index is 4.42. The summed E-state index contributed by atoms with van der Waals surface area (Å²) in [4.78, 5) is 0. The summed E-state index contributed by atoms with van der Waals surface area (Å²) in [5.41, 5.74) is 0. The van der Waals surface area contributed by atoms with E-state index in [0.717, 1.165) is 0 Å². The van der Waals surface area contributed by atoms with Gasteiger partial charge in [-0.15, -0.1) is 0 Å². The molecule has 0 amide bonds. The van der Waals surface area contributed by atoms with Crippen LogP contribution < -0.4 is 4.72 Å². The summed E-state index contributed by atoms with van der Waals surface area (Å²) in [5, 5.41) is 8.39. The van der Waals surface area contributed by atoms with E-state index >= 15 is 0 Å². The van der Waals surface area contributed by atoms with E-state index in [-0.39, 0.29) is 12.5 Å². The molecule has 0 radical (unpaired) electrons. The number of nitrogens with one attached hydrogen (secondary N) is 1. The highest BCUT2D eigenvalue weighted by molar-refractivity contribution is 7.87. The highest BCUT2D eigenvalue weighted by Gasteiger charge is 2.21. The van der Waals surface area contributed by atoms with Crippen LogP contribution in [-0.4, -0.2) is 32.4 Å². The smallest absolute Gasteiger partial charge is 0.202 e. The molecule has 1 unspecified atom stereocenters. The van der Waals surface area contributed by atoms with Crippen molar-refractivity contribution in [1.82, 2.24) is 9.03 Å². The molecule has 0 aliphatic rings. The standard InChI is InChI=1S/C7H15N3O2S/c1-4-9-13(11,12)10(3)7(2)5-6-8/h7,9H,4-5H2,1-3H3. The van der Waals surface area contributed by atoms with E-state index in [0.29, 0.717) is 6.54 Å². The molecule has 13 heavy (non-hydrogen) atoms. The van der Waals surface area contributed by atoms with Gasteiger partial charge in [0.2, 0.25) is 0 Å². The molecule has 0 aromatic heterocycles. The molecule has 0 saturated heterocycles. The van der Waals surface area contributed by atoms with E-state index in [2.05, 4.69) is 4.72 Å². The first-order valence-electron chi connectivity index (χ1n) is 4.05. The Kier molecular flexibility index (Phi) is 4.91. The van der Waals surface area contributed by atoms with E-state index in [1.165, 1.54) is 11.4 Å². The van der Waals surface area contributed by atoms with Crippen LogP contribution >= 0.6 is 0 Å². The quantitative estimate of drug-likeness (QED) is 0.690. The molecule has 1 atom stereocenters. The van der Waals surface area contributed by atoms with Crippen LogP contribution in [0.2, 0.25) is 0 Å². The Morgan fingerprint density at radius 3 is 2.54 bits per heavy atom. The van der Waals surface area contributed by atoms with E-state index in [1.54, 1.807) is 13.8 Å². The zero-order chi connectivity index (χ0) is 10.5. The van der Waals surface area contributed by atoms with Gasteiger partial charge in [-0.1, -0.05) is 6.92 Å². The lowest BCUT2D eigenvalue weighted by Crippen LogP contribution is -2.42. The molecule has 0 heterocycles. The summed E-state index contributed by atoms with van der Waals surface area (Å²) >= 11 is 0. The van der Waals surface area contributed by atoms with Crippen LogP contribution in [0.15, 0.2) is 0 Å². The van der Waals surface area contributed by atoms with Gasteiger partial charge in [-0.2, -0.15) is 18.0 Å². The van der Waals surface area contributed by atoms with Crippen molar-refractivity contribution in [3.8, 4) is 6.07 Å². The zero-order valence-corrected chi connectivity index (χ0v) is 8.93. The predicted octanol–water partition coefficient (Wildman–Crippen LogP) is 0.0747. The van der Waals surface area contributed by atoms with Crippen molar-refractivity contribution in [1.29, 1.82) is 5.26 Å². The lowest BCUT2D eigenvalue weighted by molar-refractivity contribution is 0.387. The Labute approximate surface area is 79.5 Å². The third-order valence-electron chi connectivity index (χ3n) is 1.71. The van der Waals surface area contributed by atoms with Crippen LogP contribution in [0.4, 0.5) is 0 Å². The summed E-state index contributed by atoms with van der Waals surface area (Å²) < 4.78 is 26.2.